The number of fused-ring (bicyclic) bond motifs is 1. The second-order valence-corrected chi connectivity index (χ2v) is 8.17. The highest BCUT2D eigenvalue weighted by Crippen LogP contribution is 2.38. The molecule has 0 radical (unpaired) electrons. The van der Waals surface area contributed by atoms with E-state index in [-0.39, 0.29) is 18.0 Å². The lowest BCUT2D eigenvalue weighted by Gasteiger charge is -2.17. The van der Waals surface area contributed by atoms with E-state index in [1.165, 1.54) is 38.9 Å². The van der Waals surface area contributed by atoms with Crippen LogP contribution in [0, 0.1) is 0 Å². The van der Waals surface area contributed by atoms with Crippen LogP contribution < -0.4 is 25.1 Å². The number of ether oxygens (including phenoxy) is 3. The Kier molecular flexibility index (Phi) is 7.32. The lowest BCUT2D eigenvalue weighted by atomic mass is 10.1. The molecule has 9 nitrogen and oxygen atoms in total. The summed E-state index contributed by atoms with van der Waals surface area (Å²) in [4.78, 5) is 28.3. The van der Waals surface area contributed by atoms with Crippen molar-refractivity contribution < 1.29 is 19.0 Å². The third-order valence-electron chi connectivity index (χ3n) is 6.11. The second-order valence-electron chi connectivity index (χ2n) is 8.17. The van der Waals surface area contributed by atoms with Crippen molar-refractivity contribution in [2.24, 2.45) is 0 Å². The van der Waals surface area contributed by atoms with E-state index in [1.807, 2.05) is 18.2 Å². The summed E-state index contributed by atoms with van der Waals surface area (Å²) < 4.78 is 17.5. The van der Waals surface area contributed by atoms with E-state index >= 15 is 0 Å². The lowest BCUT2D eigenvalue weighted by Crippen LogP contribution is -2.32. The number of methoxy groups -OCH3 is 3. The molecule has 1 aliphatic rings. The fourth-order valence-corrected chi connectivity index (χ4v) is 4.31. The molecule has 1 fully saturated rings. The summed E-state index contributed by atoms with van der Waals surface area (Å²) in [5.41, 5.74) is 0.882. The van der Waals surface area contributed by atoms with Gasteiger partial charge in [-0.25, -0.2) is 4.68 Å². The van der Waals surface area contributed by atoms with E-state index in [0.717, 1.165) is 25.0 Å². The smallest absolute Gasteiger partial charge is 0.274 e. The number of hydrogen-bond acceptors (Lipinski definition) is 7. The van der Waals surface area contributed by atoms with Crippen LogP contribution in [0.5, 0.6) is 17.2 Å². The van der Waals surface area contributed by atoms with Gasteiger partial charge in [-0.3, -0.25) is 9.59 Å². The molecule has 0 unspecified atom stereocenters. The van der Waals surface area contributed by atoms with Crippen LogP contribution in [0.2, 0.25) is 0 Å². The van der Waals surface area contributed by atoms with Gasteiger partial charge in [0.15, 0.2) is 11.5 Å². The third kappa shape index (κ3) is 4.84. The second kappa shape index (κ2) is 10.6. The summed E-state index contributed by atoms with van der Waals surface area (Å²) in [6, 6.07) is 10.6. The van der Waals surface area contributed by atoms with Crippen molar-refractivity contribution >= 4 is 16.7 Å². The number of amides is 1. The predicted octanol–water partition coefficient (Wildman–Crippen LogP) is 2.45. The minimum absolute atomic E-state index is 0.116. The maximum atomic E-state index is 13.0. The summed E-state index contributed by atoms with van der Waals surface area (Å²) in [6.07, 6.45) is 2.39. The Bertz CT molecular complexity index is 1210. The van der Waals surface area contributed by atoms with Crippen LogP contribution in [0.3, 0.4) is 0 Å². The van der Waals surface area contributed by atoms with Gasteiger partial charge < -0.3 is 24.4 Å². The van der Waals surface area contributed by atoms with Gasteiger partial charge in [-0.15, -0.1) is 0 Å². The van der Waals surface area contributed by atoms with Crippen LogP contribution >= 0.6 is 0 Å². The first-order valence-electron chi connectivity index (χ1n) is 11.3. The Morgan fingerprint density at radius 3 is 2.24 bits per heavy atom. The van der Waals surface area contributed by atoms with Crippen molar-refractivity contribution in [3.63, 3.8) is 0 Å². The zero-order valence-corrected chi connectivity index (χ0v) is 19.8. The van der Waals surface area contributed by atoms with Gasteiger partial charge in [0, 0.05) is 17.5 Å². The van der Waals surface area contributed by atoms with Crippen LogP contribution in [-0.4, -0.2) is 61.6 Å². The molecule has 180 valence electrons. The maximum absolute atomic E-state index is 13.0. The SMILES string of the molecule is COc1cc(C(=O)NCc2nn(CCN3CCCC3)c(=O)c3ccccc23)cc(OC)c1OC. The fourth-order valence-electron chi connectivity index (χ4n) is 4.31. The largest absolute Gasteiger partial charge is 0.493 e. The highest BCUT2D eigenvalue weighted by atomic mass is 16.5. The quantitative estimate of drug-likeness (QED) is 0.518. The number of carbonyl (C=O) groups is 1. The van der Waals surface area contributed by atoms with Gasteiger partial charge >= 0.3 is 0 Å². The number of nitrogens with one attached hydrogen (secondary N) is 1. The Morgan fingerprint density at radius 1 is 0.971 bits per heavy atom. The van der Waals surface area contributed by atoms with Crippen molar-refractivity contribution in [1.82, 2.24) is 20.0 Å². The molecule has 1 N–H and O–H groups in total. The van der Waals surface area contributed by atoms with Gasteiger partial charge in [-0.05, 0) is 44.1 Å². The van der Waals surface area contributed by atoms with E-state index in [4.69, 9.17) is 14.2 Å². The number of carbonyl (C=O) groups excluding carboxylic acids is 1. The van der Waals surface area contributed by atoms with Crippen molar-refractivity contribution in [3.05, 3.63) is 58.0 Å². The molecule has 0 spiro atoms. The van der Waals surface area contributed by atoms with Crippen LogP contribution in [0.15, 0.2) is 41.2 Å². The molecule has 9 heteroatoms. The first kappa shape index (κ1) is 23.6. The topological polar surface area (TPSA) is 94.9 Å². The summed E-state index contributed by atoms with van der Waals surface area (Å²) >= 11 is 0. The molecule has 1 aliphatic heterocycles. The number of benzene rings is 2. The van der Waals surface area contributed by atoms with Gasteiger partial charge in [0.1, 0.15) is 0 Å². The molecule has 2 heterocycles. The monoisotopic (exact) mass is 466 g/mol. The Morgan fingerprint density at radius 2 is 1.62 bits per heavy atom. The zero-order chi connectivity index (χ0) is 24.1. The summed E-state index contributed by atoms with van der Waals surface area (Å²) in [7, 11) is 4.51. The van der Waals surface area contributed by atoms with Gasteiger partial charge in [0.2, 0.25) is 5.75 Å². The molecule has 1 amide bonds. The molecular formula is C25H30N4O5. The van der Waals surface area contributed by atoms with Crippen LogP contribution in [0.1, 0.15) is 28.9 Å². The van der Waals surface area contributed by atoms with Gasteiger partial charge in [-0.2, -0.15) is 5.10 Å². The van der Waals surface area contributed by atoms with E-state index in [2.05, 4.69) is 15.3 Å². The molecule has 0 saturated carbocycles. The average Bonchev–Trinajstić information content (AvgIpc) is 3.40. The molecule has 1 aromatic heterocycles. The highest BCUT2D eigenvalue weighted by molar-refractivity contribution is 5.96. The molecule has 4 rings (SSSR count). The number of nitrogens with zero attached hydrogens (tertiary/aromatic N) is 3. The standard InChI is InChI=1S/C25H30N4O5/c1-32-21-14-17(15-22(33-2)23(21)34-3)24(30)26-16-20-18-8-4-5-9-19(18)25(31)29(27-20)13-12-28-10-6-7-11-28/h4-5,8-9,14-15H,6-7,10-13,16H2,1-3H3,(H,26,30). The number of rotatable bonds is 9. The molecular weight excluding hydrogens is 436 g/mol. The van der Waals surface area contributed by atoms with E-state index in [1.54, 1.807) is 18.2 Å². The molecule has 0 aliphatic carbocycles. The van der Waals surface area contributed by atoms with Gasteiger partial charge in [0.05, 0.1) is 45.5 Å². The first-order chi connectivity index (χ1) is 16.5. The van der Waals surface area contributed by atoms with E-state index < -0.39 is 0 Å². The Balaban J connectivity index is 1.58. The minimum Gasteiger partial charge on any atom is -0.493 e. The fraction of sp³-hybridized carbons (Fsp3) is 0.400. The maximum Gasteiger partial charge on any atom is 0.274 e. The highest BCUT2D eigenvalue weighted by Gasteiger charge is 2.18. The number of hydrogen-bond donors (Lipinski definition) is 1. The van der Waals surface area contributed by atoms with E-state index in [0.29, 0.717) is 40.4 Å². The molecule has 0 atom stereocenters. The first-order valence-corrected chi connectivity index (χ1v) is 11.3. The van der Waals surface area contributed by atoms with Gasteiger partial charge in [-0.1, -0.05) is 18.2 Å². The number of aromatic nitrogens is 2. The summed E-state index contributed by atoms with van der Waals surface area (Å²) in [5.74, 6) is 0.885. The molecule has 2 aromatic carbocycles. The molecule has 3 aromatic rings. The van der Waals surface area contributed by atoms with Crippen molar-refractivity contribution in [2.75, 3.05) is 41.0 Å². The van der Waals surface area contributed by atoms with Crippen molar-refractivity contribution in [1.29, 1.82) is 0 Å². The summed E-state index contributed by atoms with van der Waals surface area (Å²) in [6.45, 7) is 3.57. The predicted molar refractivity (Wildman–Crippen MR) is 129 cm³/mol. The van der Waals surface area contributed by atoms with Crippen LogP contribution in [0.4, 0.5) is 0 Å². The molecule has 0 bridgehead atoms. The van der Waals surface area contributed by atoms with Crippen molar-refractivity contribution in [3.8, 4) is 17.2 Å². The van der Waals surface area contributed by atoms with E-state index in [9.17, 15) is 9.59 Å². The van der Waals surface area contributed by atoms with Gasteiger partial charge in [0.25, 0.3) is 11.5 Å². The average molecular weight is 467 g/mol. The normalized spacial score (nSPS) is 13.7. The molecule has 34 heavy (non-hydrogen) atoms. The Hall–Kier alpha value is -3.59. The number of likely N-dealkylation sites (tertiary alicyclic amines) is 1. The van der Waals surface area contributed by atoms with Crippen molar-refractivity contribution in [2.45, 2.75) is 25.9 Å². The lowest BCUT2D eigenvalue weighted by molar-refractivity contribution is 0.0949. The zero-order valence-electron chi connectivity index (χ0n) is 19.8. The summed E-state index contributed by atoms with van der Waals surface area (Å²) in [5, 5.41) is 8.85. The Labute approximate surface area is 198 Å². The molecule has 1 saturated heterocycles. The third-order valence-corrected chi connectivity index (χ3v) is 6.11. The minimum atomic E-state index is -0.319. The van der Waals surface area contributed by atoms with Crippen LogP contribution in [-0.2, 0) is 13.1 Å². The van der Waals surface area contributed by atoms with Crippen LogP contribution in [0.25, 0.3) is 10.8 Å².